The second kappa shape index (κ2) is 4.74. The van der Waals surface area contributed by atoms with Crippen molar-refractivity contribution >= 4 is 5.97 Å². The van der Waals surface area contributed by atoms with Crippen LogP contribution in [0.5, 0.6) is 0 Å². The first kappa shape index (κ1) is 11.9. The molecule has 1 aliphatic rings. The number of aliphatic carboxylic acids is 1. The molecule has 1 aliphatic carbocycles. The largest absolute Gasteiger partial charge is 0.480 e. The van der Waals surface area contributed by atoms with E-state index in [1.165, 1.54) is 6.42 Å². The van der Waals surface area contributed by atoms with E-state index in [0.29, 0.717) is 0 Å². The average molecular weight is 230 g/mol. The van der Waals surface area contributed by atoms with Crippen molar-refractivity contribution in [2.75, 3.05) is 0 Å². The van der Waals surface area contributed by atoms with E-state index in [-0.39, 0.29) is 0 Å². The van der Waals surface area contributed by atoms with E-state index >= 15 is 0 Å². The van der Waals surface area contributed by atoms with Crippen molar-refractivity contribution < 1.29 is 9.90 Å². The molecule has 90 valence electrons. The Balaban J connectivity index is 2.46. The summed E-state index contributed by atoms with van der Waals surface area (Å²) in [6.45, 7) is 1.82. The van der Waals surface area contributed by atoms with Gasteiger partial charge in [-0.3, -0.25) is 4.79 Å². The molecule has 1 aromatic rings. The third-order valence-corrected chi connectivity index (χ3v) is 3.71. The van der Waals surface area contributed by atoms with Crippen LogP contribution >= 0.6 is 0 Å². The number of hydrogen-bond acceptors (Lipinski definition) is 1. The molecule has 1 unspecified atom stereocenters. The average Bonchev–Trinajstić information content (AvgIpc) is 2.39. The van der Waals surface area contributed by atoms with Gasteiger partial charge in [0.25, 0.3) is 0 Å². The lowest BCUT2D eigenvalue weighted by Gasteiger charge is -2.30. The van der Waals surface area contributed by atoms with E-state index in [0.717, 1.165) is 30.4 Å². The quantitative estimate of drug-likeness (QED) is 0.806. The van der Waals surface area contributed by atoms with Crippen molar-refractivity contribution in [3.05, 3.63) is 47.5 Å². The van der Waals surface area contributed by atoms with Crippen LogP contribution in [0, 0.1) is 0 Å². The molecule has 0 saturated heterocycles. The van der Waals surface area contributed by atoms with E-state index in [2.05, 4.69) is 6.08 Å². The topological polar surface area (TPSA) is 37.3 Å². The summed E-state index contributed by atoms with van der Waals surface area (Å²) >= 11 is 0. The number of carboxylic acids is 1. The highest BCUT2D eigenvalue weighted by Crippen LogP contribution is 2.37. The molecule has 1 N–H and O–H groups in total. The molecule has 0 fully saturated rings. The van der Waals surface area contributed by atoms with Crippen LogP contribution in [0.3, 0.4) is 0 Å². The zero-order chi connectivity index (χ0) is 12.3. The Bertz CT molecular complexity index is 433. The van der Waals surface area contributed by atoms with Crippen molar-refractivity contribution in [1.29, 1.82) is 0 Å². The van der Waals surface area contributed by atoms with Crippen molar-refractivity contribution in [1.82, 2.24) is 0 Å². The van der Waals surface area contributed by atoms with Crippen LogP contribution in [0.15, 0.2) is 42.0 Å². The molecule has 0 bridgehead atoms. The Morgan fingerprint density at radius 3 is 2.47 bits per heavy atom. The monoisotopic (exact) mass is 230 g/mol. The van der Waals surface area contributed by atoms with Gasteiger partial charge in [0.05, 0.1) is 0 Å². The maximum atomic E-state index is 11.7. The lowest BCUT2D eigenvalue weighted by atomic mass is 9.72. The molecule has 17 heavy (non-hydrogen) atoms. The molecule has 0 saturated carbocycles. The first-order valence-electron chi connectivity index (χ1n) is 6.14. The SMILES string of the molecule is CC(C(=O)O)(C1=CCCCC1)c1ccccc1. The summed E-state index contributed by atoms with van der Waals surface area (Å²) in [5, 5.41) is 9.60. The first-order valence-corrected chi connectivity index (χ1v) is 6.14. The van der Waals surface area contributed by atoms with Crippen molar-refractivity contribution in [3.63, 3.8) is 0 Å². The van der Waals surface area contributed by atoms with Gasteiger partial charge in [0.1, 0.15) is 5.41 Å². The second-order valence-electron chi connectivity index (χ2n) is 4.77. The van der Waals surface area contributed by atoms with Gasteiger partial charge in [0.15, 0.2) is 0 Å². The summed E-state index contributed by atoms with van der Waals surface area (Å²) in [5.74, 6) is -0.753. The van der Waals surface area contributed by atoms with Gasteiger partial charge in [-0.05, 0) is 38.2 Å². The Morgan fingerprint density at radius 1 is 1.24 bits per heavy atom. The summed E-state index contributed by atoms with van der Waals surface area (Å²) in [6.07, 6.45) is 6.29. The minimum absolute atomic E-state index is 0.753. The summed E-state index contributed by atoms with van der Waals surface area (Å²) in [6, 6.07) is 9.54. The number of carboxylic acid groups (broad SMARTS) is 1. The fraction of sp³-hybridized carbons (Fsp3) is 0.400. The molecule has 2 nitrogen and oxygen atoms in total. The highest BCUT2D eigenvalue weighted by molar-refractivity contribution is 5.85. The lowest BCUT2D eigenvalue weighted by molar-refractivity contribution is -0.141. The van der Waals surface area contributed by atoms with Crippen LogP contribution in [0.4, 0.5) is 0 Å². The van der Waals surface area contributed by atoms with E-state index in [4.69, 9.17) is 0 Å². The minimum Gasteiger partial charge on any atom is -0.480 e. The molecule has 0 amide bonds. The van der Waals surface area contributed by atoms with Gasteiger partial charge >= 0.3 is 5.97 Å². The van der Waals surface area contributed by atoms with Gasteiger partial charge in [-0.2, -0.15) is 0 Å². The summed E-state index contributed by atoms with van der Waals surface area (Å²) in [4.78, 5) is 11.7. The van der Waals surface area contributed by atoms with E-state index in [9.17, 15) is 9.90 Å². The number of allylic oxidation sites excluding steroid dienone is 1. The van der Waals surface area contributed by atoms with Gasteiger partial charge in [0.2, 0.25) is 0 Å². The number of hydrogen-bond donors (Lipinski definition) is 1. The minimum atomic E-state index is -0.859. The summed E-state index contributed by atoms with van der Waals surface area (Å²) < 4.78 is 0. The van der Waals surface area contributed by atoms with Crippen LogP contribution in [0.1, 0.15) is 38.2 Å². The van der Waals surface area contributed by atoms with E-state index in [1.54, 1.807) is 0 Å². The summed E-state index contributed by atoms with van der Waals surface area (Å²) in [7, 11) is 0. The standard InChI is InChI=1S/C15H18O2/c1-15(14(16)17,12-8-4-2-5-9-12)13-10-6-3-7-11-13/h2,4-5,8-10H,3,6-7,11H2,1H3,(H,16,17). The molecule has 2 rings (SSSR count). The highest BCUT2D eigenvalue weighted by atomic mass is 16.4. The molecule has 0 radical (unpaired) electrons. The van der Waals surface area contributed by atoms with Crippen LogP contribution in [-0.4, -0.2) is 11.1 Å². The number of benzene rings is 1. The molecule has 2 heteroatoms. The molecule has 0 heterocycles. The smallest absolute Gasteiger partial charge is 0.318 e. The zero-order valence-electron chi connectivity index (χ0n) is 10.1. The molecule has 1 atom stereocenters. The third kappa shape index (κ3) is 2.12. The van der Waals surface area contributed by atoms with Crippen LogP contribution in [-0.2, 0) is 10.2 Å². The predicted molar refractivity (Wildman–Crippen MR) is 68.0 cm³/mol. The van der Waals surface area contributed by atoms with Crippen molar-refractivity contribution in [2.24, 2.45) is 0 Å². The third-order valence-electron chi connectivity index (χ3n) is 3.71. The van der Waals surface area contributed by atoms with Gasteiger partial charge in [-0.1, -0.05) is 42.0 Å². The Hall–Kier alpha value is -1.57. The van der Waals surface area contributed by atoms with Crippen LogP contribution < -0.4 is 0 Å². The second-order valence-corrected chi connectivity index (χ2v) is 4.77. The molecule has 1 aromatic carbocycles. The normalized spacial score (nSPS) is 19.2. The van der Waals surface area contributed by atoms with Gasteiger partial charge < -0.3 is 5.11 Å². The van der Waals surface area contributed by atoms with E-state index in [1.807, 2.05) is 37.3 Å². The number of carbonyl (C=O) groups is 1. The Labute approximate surface area is 102 Å². The van der Waals surface area contributed by atoms with Gasteiger partial charge in [0, 0.05) is 0 Å². The van der Waals surface area contributed by atoms with Crippen LogP contribution in [0.2, 0.25) is 0 Å². The zero-order valence-corrected chi connectivity index (χ0v) is 10.1. The van der Waals surface area contributed by atoms with Crippen molar-refractivity contribution in [3.8, 4) is 0 Å². The first-order chi connectivity index (χ1) is 8.15. The molecule has 0 spiro atoms. The predicted octanol–water partition coefficient (Wildman–Crippen LogP) is 3.53. The summed E-state index contributed by atoms with van der Waals surface area (Å²) in [5.41, 5.74) is 1.07. The molecular weight excluding hydrogens is 212 g/mol. The number of rotatable bonds is 3. The van der Waals surface area contributed by atoms with Gasteiger partial charge in [-0.15, -0.1) is 0 Å². The molecule has 0 aromatic heterocycles. The van der Waals surface area contributed by atoms with Gasteiger partial charge in [-0.25, -0.2) is 0 Å². The Kier molecular flexibility index (Phi) is 3.32. The molecular formula is C15H18O2. The van der Waals surface area contributed by atoms with Crippen LogP contribution in [0.25, 0.3) is 0 Å². The maximum absolute atomic E-state index is 11.7. The fourth-order valence-corrected chi connectivity index (χ4v) is 2.51. The molecule has 0 aliphatic heterocycles. The van der Waals surface area contributed by atoms with Crippen molar-refractivity contribution in [2.45, 2.75) is 38.0 Å². The highest BCUT2D eigenvalue weighted by Gasteiger charge is 2.38. The maximum Gasteiger partial charge on any atom is 0.318 e. The fourth-order valence-electron chi connectivity index (χ4n) is 2.51. The van der Waals surface area contributed by atoms with E-state index < -0.39 is 11.4 Å². The lowest BCUT2D eigenvalue weighted by Crippen LogP contribution is -2.35. The Morgan fingerprint density at radius 2 is 1.94 bits per heavy atom.